The molecule has 1 heterocycles. The maximum Gasteiger partial charge on any atom is 0.308 e. The number of ether oxygens (including phenoxy) is 2. The Kier molecular flexibility index (Phi) is 8.30. The molecule has 0 bridgehead atoms. The van der Waals surface area contributed by atoms with Gasteiger partial charge in [0.05, 0.1) is 31.2 Å². The number of esters is 1. The van der Waals surface area contributed by atoms with Gasteiger partial charge in [-0.1, -0.05) is 42.8 Å². The minimum atomic E-state index is -0.672. The van der Waals surface area contributed by atoms with Crippen molar-refractivity contribution in [2.24, 2.45) is 11.7 Å². The van der Waals surface area contributed by atoms with Gasteiger partial charge in [-0.2, -0.15) is 5.10 Å². The SMILES string of the molecule is CCOC(=O)[C@@H]1CCC[C@H](n2nc(-c3ccc(CNC(=O)c4ccccc4OC)cc3)c(C(N)=O)c2N)C1. The van der Waals surface area contributed by atoms with Crippen LogP contribution in [-0.4, -0.2) is 41.3 Å². The Morgan fingerprint density at radius 2 is 1.84 bits per heavy atom. The first-order chi connectivity index (χ1) is 18.3. The number of carbonyl (C=O) groups excluding carboxylic acids is 3. The van der Waals surface area contributed by atoms with E-state index in [1.54, 1.807) is 35.9 Å². The fourth-order valence-electron chi connectivity index (χ4n) is 4.92. The predicted octanol–water partition coefficient (Wildman–Crippen LogP) is 3.46. The molecular formula is C28H33N5O5. The number of nitrogens with one attached hydrogen (secondary N) is 1. The van der Waals surface area contributed by atoms with E-state index >= 15 is 0 Å². The van der Waals surface area contributed by atoms with Gasteiger partial charge in [0.25, 0.3) is 11.8 Å². The monoisotopic (exact) mass is 519 g/mol. The van der Waals surface area contributed by atoms with E-state index in [4.69, 9.17) is 20.9 Å². The average molecular weight is 520 g/mol. The maximum atomic E-state index is 12.6. The van der Waals surface area contributed by atoms with Crippen molar-refractivity contribution in [3.05, 3.63) is 65.2 Å². The van der Waals surface area contributed by atoms with Crippen LogP contribution in [0, 0.1) is 5.92 Å². The molecule has 2 atom stereocenters. The molecule has 10 heteroatoms. The first-order valence-corrected chi connectivity index (χ1v) is 12.7. The van der Waals surface area contributed by atoms with Gasteiger partial charge in [0.15, 0.2) is 0 Å². The van der Waals surface area contributed by atoms with Gasteiger partial charge in [0, 0.05) is 12.1 Å². The van der Waals surface area contributed by atoms with Crippen LogP contribution < -0.4 is 21.5 Å². The minimum absolute atomic E-state index is 0.144. The van der Waals surface area contributed by atoms with Gasteiger partial charge in [0.1, 0.15) is 22.8 Å². The third-order valence-corrected chi connectivity index (χ3v) is 6.84. The Hall–Kier alpha value is -4.34. The summed E-state index contributed by atoms with van der Waals surface area (Å²) in [5.41, 5.74) is 14.6. The van der Waals surface area contributed by atoms with Crippen LogP contribution in [0.1, 0.15) is 64.9 Å². The molecule has 1 fully saturated rings. The number of anilines is 1. The lowest BCUT2D eigenvalue weighted by molar-refractivity contribution is -0.149. The molecule has 200 valence electrons. The van der Waals surface area contributed by atoms with E-state index in [1.165, 1.54) is 7.11 Å². The van der Waals surface area contributed by atoms with Gasteiger partial charge < -0.3 is 26.3 Å². The number of carbonyl (C=O) groups is 3. The van der Waals surface area contributed by atoms with E-state index in [0.29, 0.717) is 42.1 Å². The lowest BCUT2D eigenvalue weighted by atomic mass is 9.86. The first kappa shape index (κ1) is 26.7. The third kappa shape index (κ3) is 5.64. The van der Waals surface area contributed by atoms with Crippen LogP contribution in [0.2, 0.25) is 0 Å². The molecule has 38 heavy (non-hydrogen) atoms. The highest BCUT2D eigenvalue weighted by Crippen LogP contribution is 2.37. The molecule has 0 aliphatic heterocycles. The quantitative estimate of drug-likeness (QED) is 0.366. The summed E-state index contributed by atoms with van der Waals surface area (Å²) in [6, 6.07) is 14.2. The number of primary amides is 1. The standard InChI is InChI=1S/C28H33N5O5/c1-3-38-28(36)19-7-6-8-20(15-19)33-25(29)23(26(30)34)24(32-33)18-13-11-17(12-14-18)16-31-27(35)21-9-4-5-10-22(21)37-2/h4-5,9-14,19-20H,3,6-8,15-16,29H2,1-2H3,(H2,30,34)(H,31,35)/t19-,20+/m1/s1. The maximum absolute atomic E-state index is 12.6. The van der Waals surface area contributed by atoms with E-state index in [2.05, 4.69) is 10.4 Å². The van der Waals surface area contributed by atoms with E-state index < -0.39 is 5.91 Å². The van der Waals surface area contributed by atoms with Crippen molar-refractivity contribution in [1.82, 2.24) is 15.1 Å². The molecule has 0 spiro atoms. The third-order valence-electron chi connectivity index (χ3n) is 6.84. The number of nitrogens with two attached hydrogens (primary N) is 2. The summed E-state index contributed by atoms with van der Waals surface area (Å²) >= 11 is 0. The summed E-state index contributed by atoms with van der Waals surface area (Å²) in [4.78, 5) is 37.3. The van der Waals surface area contributed by atoms with Gasteiger partial charge >= 0.3 is 5.97 Å². The zero-order chi connectivity index (χ0) is 27.2. The number of methoxy groups -OCH3 is 1. The number of hydrogen-bond donors (Lipinski definition) is 3. The molecule has 1 aliphatic carbocycles. The molecule has 2 amide bonds. The zero-order valence-corrected chi connectivity index (χ0v) is 21.6. The number of para-hydroxylation sites is 1. The van der Waals surface area contributed by atoms with Crippen LogP contribution in [0.4, 0.5) is 5.82 Å². The molecule has 0 radical (unpaired) electrons. The summed E-state index contributed by atoms with van der Waals surface area (Å²) < 4.78 is 12.1. The van der Waals surface area contributed by atoms with Gasteiger partial charge in [0.2, 0.25) is 0 Å². The van der Waals surface area contributed by atoms with Crippen LogP contribution in [0.25, 0.3) is 11.3 Å². The Morgan fingerprint density at radius 3 is 2.53 bits per heavy atom. The predicted molar refractivity (Wildman–Crippen MR) is 142 cm³/mol. The Balaban J connectivity index is 1.52. The van der Waals surface area contributed by atoms with Crippen LogP contribution in [-0.2, 0) is 16.1 Å². The van der Waals surface area contributed by atoms with Crippen molar-refractivity contribution in [2.75, 3.05) is 19.5 Å². The number of amides is 2. The van der Waals surface area contributed by atoms with Crippen LogP contribution >= 0.6 is 0 Å². The van der Waals surface area contributed by atoms with Crippen molar-refractivity contribution in [3.63, 3.8) is 0 Å². The summed E-state index contributed by atoms with van der Waals surface area (Å²) in [5, 5.41) is 7.57. The Labute approximate surface area is 221 Å². The number of nitrogens with zero attached hydrogens (tertiary/aromatic N) is 2. The molecule has 10 nitrogen and oxygen atoms in total. The van der Waals surface area contributed by atoms with Gasteiger partial charge in [-0.25, -0.2) is 4.68 Å². The number of hydrogen-bond acceptors (Lipinski definition) is 7. The highest BCUT2D eigenvalue weighted by atomic mass is 16.5. The largest absolute Gasteiger partial charge is 0.496 e. The van der Waals surface area contributed by atoms with Crippen molar-refractivity contribution in [1.29, 1.82) is 0 Å². The lowest BCUT2D eigenvalue weighted by Gasteiger charge is -2.28. The lowest BCUT2D eigenvalue weighted by Crippen LogP contribution is -2.27. The molecule has 2 aromatic carbocycles. The second-order valence-electron chi connectivity index (χ2n) is 9.27. The molecule has 1 aliphatic rings. The second kappa shape index (κ2) is 11.8. The zero-order valence-electron chi connectivity index (χ0n) is 21.6. The van der Waals surface area contributed by atoms with Gasteiger partial charge in [-0.15, -0.1) is 0 Å². The average Bonchev–Trinajstić information content (AvgIpc) is 3.29. The number of benzene rings is 2. The number of rotatable bonds is 9. The summed E-state index contributed by atoms with van der Waals surface area (Å²) in [6.45, 7) is 2.42. The van der Waals surface area contributed by atoms with Gasteiger partial charge in [-0.05, 0) is 43.9 Å². The van der Waals surface area contributed by atoms with E-state index in [0.717, 1.165) is 24.8 Å². The Morgan fingerprint density at radius 1 is 1.11 bits per heavy atom. The van der Waals surface area contributed by atoms with E-state index in [9.17, 15) is 14.4 Å². The first-order valence-electron chi connectivity index (χ1n) is 12.7. The van der Waals surface area contributed by atoms with Crippen molar-refractivity contribution in [3.8, 4) is 17.0 Å². The molecule has 1 aromatic heterocycles. The molecule has 3 aromatic rings. The minimum Gasteiger partial charge on any atom is -0.496 e. The van der Waals surface area contributed by atoms with Crippen molar-refractivity contribution < 1.29 is 23.9 Å². The summed E-state index contributed by atoms with van der Waals surface area (Å²) in [7, 11) is 1.52. The topological polar surface area (TPSA) is 152 Å². The highest BCUT2D eigenvalue weighted by Gasteiger charge is 2.32. The molecule has 5 N–H and O–H groups in total. The molecule has 4 rings (SSSR count). The van der Waals surface area contributed by atoms with Crippen molar-refractivity contribution in [2.45, 2.75) is 45.2 Å². The fraction of sp³-hybridized carbons (Fsp3) is 0.357. The normalized spacial score (nSPS) is 17.0. The van der Waals surface area contributed by atoms with Crippen LogP contribution in [0.3, 0.4) is 0 Å². The fourth-order valence-corrected chi connectivity index (χ4v) is 4.92. The van der Waals surface area contributed by atoms with Crippen molar-refractivity contribution >= 4 is 23.6 Å². The molecule has 0 unspecified atom stereocenters. The smallest absolute Gasteiger partial charge is 0.308 e. The molecule has 1 saturated carbocycles. The molecular weight excluding hydrogens is 486 g/mol. The van der Waals surface area contributed by atoms with Gasteiger partial charge in [-0.3, -0.25) is 14.4 Å². The molecule has 0 saturated heterocycles. The number of nitrogen functional groups attached to an aromatic ring is 1. The van der Waals surface area contributed by atoms with E-state index in [-0.39, 0.29) is 35.2 Å². The van der Waals surface area contributed by atoms with Crippen LogP contribution in [0.15, 0.2) is 48.5 Å². The van der Waals surface area contributed by atoms with E-state index in [1.807, 2.05) is 24.3 Å². The summed E-state index contributed by atoms with van der Waals surface area (Å²) in [5.74, 6) is -0.679. The number of aromatic nitrogens is 2. The summed E-state index contributed by atoms with van der Waals surface area (Å²) in [6.07, 6.45) is 2.89. The van der Waals surface area contributed by atoms with Crippen LogP contribution in [0.5, 0.6) is 5.75 Å². The highest BCUT2D eigenvalue weighted by molar-refractivity contribution is 6.03. The Bertz CT molecular complexity index is 1320. The second-order valence-corrected chi connectivity index (χ2v) is 9.27.